The SMILES string of the molecule is O[n+]1ccccc1S.O[n+]1ccccc1S.[Cu]. The van der Waals surface area contributed by atoms with Gasteiger partial charge in [-0.3, -0.25) is 10.4 Å². The predicted molar refractivity (Wildman–Crippen MR) is 62.1 cm³/mol. The van der Waals surface area contributed by atoms with E-state index >= 15 is 0 Å². The van der Waals surface area contributed by atoms with Crippen molar-refractivity contribution in [1.82, 2.24) is 0 Å². The number of rotatable bonds is 0. The van der Waals surface area contributed by atoms with Gasteiger partial charge in [0.25, 0.3) is 10.1 Å². The van der Waals surface area contributed by atoms with Gasteiger partial charge >= 0.3 is 0 Å². The fourth-order valence-corrected chi connectivity index (χ4v) is 1.16. The maximum atomic E-state index is 8.76. The molecule has 95 valence electrons. The minimum Gasteiger partial charge on any atom is -0.284 e. The Morgan fingerprint density at radius 1 is 0.765 bits per heavy atom. The first kappa shape index (κ1) is 16.1. The molecule has 2 heterocycles. The molecule has 4 nitrogen and oxygen atoms in total. The molecular weight excluding hydrogens is 308 g/mol. The maximum Gasteiger partial charge on any atom is 0.287 e. The first-order valence-electron chi connectivity index (χ1n) is 4.39. The Balaban J connectivity index is 0.000000284. The number of thiol groups is 2. The van der Waals surface area contributed by atoms with Crippen LogP contribution in [0.15, 0.2) is 58.8 Å². The quantitative estimate of drug-likeness (QED) is 0.253. The maximum absolute atomic E-state index is 8.76. The van der Waals surface area contributed by atoms with Crippen LogP contribution in [-0.2, 0) is 17.1 Å². The zero-order valence-electron chi connectivity index (χ0n) is 8.60. The minimum atomic E-state index is 0. The summed E-state index contributed by atoms with van der Waals surface area (Å²) in [5.41, 5.74) is 0. The van der Waals surface area contributed by atoms with Gasteiger partial charge in [0.15, 0.2) is 0 Å². The molecule has 0 amide bonds. The van der Waals surface area contributed by atoms with Gasteiger partial charge in [-0.15, -0.1) is 0 Å². The summed E-state index contributed by atoms with van der Waals surface area (Å²) >= 11 is 7.82. The second kappa shape index (κ2) is 8.25. The molecule has 0 aliphatic carbocycles. The Kier molecular flexibility index (Phi) is 7.82. The standard InChI is InChI=1S/2C5H5NOS.Cu/c2*7-6-4-2-1-3-5(6)8;/h2*1-4,7H;/p+2. The first-order chi connectivity index (χ1) is 7.61. The molecule has 0 fully saturated rings. The molecular formula is C10H12CuN2O2S2+2. The monoisotopic (exact) mass is 319 g/mol. The van der Waals surface area contributed by atoms with E-state index in [9.17, 15) is 0 Å². The fourth-order valence-electron chi connectivity index (χ4n) is 0.851. The second-order valence-corrected chi connectivity index (χ2v) is 3.72. The number of aromatic nitrogens is 2. The van der Waals surface area contributed by atoms with Gasteiger partial charge in [0.2, 0.25) is 12.4 Å². The van der Waals surface area contributed by atoms with Crippen LogP contribution in [0.2, 0.25) is 0 Å². The van der Waals surface area contributed by atoms with Crippen LogP contribution in [0.25, 0.3) is 0 Å². The third-order valence-electron chi connectivity index (χ3n) is 1.64. The van der Waals surface area contributed by atoms with Crippen LogP contribution in [-0.4, -0.2) is 10.4 Å². The van der Waals surface area contributed by atoms with Crippen molar-refractivity contribution in [2.24, 2.45) is 0 Å². The smallest absolute Gasteiger partial charge is 0.284 e. The first-order valence-corrected chi connectivity index (χ1v) is 5.28. The van der Waals surface area contributed by atoms with E-state index in [2.05, 4.69) is 25.3 Å². The van der Waals surface area contributed by atoms with E-state index in [0.29, 0.717) is 10.1 Å². The van der Waals surface area contributed by atoms with Crippen LogP contribution >= 0.6 is 25.3 Å². The van der Waals surface area contributed by atoms with Crippen LogP contribution in [0.5, 0.6) is 0 Å². The molecule has 0 spiro atoms. The minimum absolute atomic E-state index is 0. The number of nitrogens with zero attached hydrogens (tertiary/aromatic N) is 2. The van der Waals surface area contributed by atoms with E-state index in [4.69, 9.17) is 10.4 Å². The molecule has 0 aliphatic rings. The molecule has 1 radical (unpaired) electrons. The molecule has 0 atom stereocenters. The third-order valence-corrected chi connectivity index (χ3v) is 2.34. The van der Waals surface area contributed by atoms with Gasteiger partial charge in [0.05, 0.1) is 0 Å². The summed E-state index contributed by atoms with van der Waals surface area (Å²) in [5, 5.41) is 18.6. The van der Waals surface area contributed by atoms with Crippen LogP contribution in [0.4, 0.5) is 0 Å². The van der Waals surface area contributed by atoms with E-state index < -0.39 is 0 Å². The van der Waals surface area contributed by atoms with Gasteiger partial charge in [-0.05, 0) is 12.1 Å². The summed E-state index contributed by atoms with van der Waals surface area (Å²) in [6, 6.07) is 10.4. The van der Waals surface area contributed by atoms with Gasteiger partial charge in [-0.25, -0.2) is 0 Å². The van der Waals surface area contributed by atoms with E-state index in [0.717, 1.165) is 9.46 Å². The van der Waals surface area contributed by atoms with Crippen molar-refractivity contribution < 1.29 is 36.9 Å². The van der Waals surface area contributed by atoms with Gasteiger partial charge in [-0.2, -0.15) is 0 Å². The van der Waals surface area contributed by atoms with Gasteiger partial charge in [-0.1, -0.05) is 25.3 Å². The summed E-state index contributed by atoms with van der Waals surface area (Å²) in [6.45, 7) is 0. The van der Waals surface area contributed by atoms with Crippen molar-refractivity contribution in [3.63, 3.8) is 0 Å². The number of hydrogen-bond donors (Lipinski definition) is 4. The number of pyridine rings is 2. The zero-order valence-corrected chi connectivity index (χ0v) is 11.3. The summed E-state index contributed by atoms with van der Waals surface area (Å²) < 4.78 is 1.90. The second-order valence-electron chi connectivity index (χ2n) is 2.81. The molecule has 0 saturated heterocycles. The fraction of sp³-hybridized carbons (Fsp3) is 0. The molecule has 2 aromatic heterocycles. The topological polar surface area (TPSA) is 48.2 Å². The number of hydrogen-bond acceptors (Lipinski definition) is 4. The molecule has 17 heavy (non-hydrogen) atoms. The Labute approximate surface area is 121 Å². The van der Waals surface area contributed by atoms with Crippen molar-refractivity contribution in [3.05, 3.63) is 48.8 Å². The molecule has 0 aliphatic heterocycles. The Morgan fingerprint density at radius 3 is 1.29 bits per heavy atom. The van der Waals surface area contributed by atoms with Crippen LogP contribution in [0.3, 0.4) is 0 Å². The van der Waals surface area contributed by atoms with Crippen molar-refractivity contribution in [3.8, 4) is 0 Å². The van der Waals surface area contributed by atoms with E-state index in [1.54, 1.807) is 36.4 Å². The van der Waals surface area contributed by atoms with E-state index in [1.807, 2.05) is 0 Å². The van der Waals surface area contributed by atoms with Crippen LogP contribution in [0, 0.1) is 0 Å². The third kappa shape index (κ3) is 5.83. The molecule has 2 rings (SSSR count). The molecule has 0 aromatic carbocycles. The largest absolute Gasteiger partial charge is 0.287 e. The molecule has 7 heteroatoms. The summed E-state index contributed by atoms with van der Waals surface area (Å²) in [5.74, 6) is 0. The van der Waals surface area contributed by atoms with Crippen LogP contribution < -0.4 is 9.46 Å². The molecule has 0 unspecified atom stereocenters. The molecule has 2 aromatic rings. The van der Waals surface area contributed by atoms with Gasteiger partial charge in [0, 0.05) is 50.8 Å². The molecule has 0 saturated carbocycles. The Bertz CT molecular complexity index is 386. The molecule has 2 N–H and O–H groups in total. The van der Waals surface area contributed by atoms with Gasteiger partial charge in [0.1, 0.15) is 0 Å². The Hall–Kier alpha value is -0.881. The summed E-state index contributed by atoms with van der Waals surface area (Å²) in [4.78, 5) is 0. The van der Waals surface area contributed by atoms with E-state index in [1.165, 1.54) is 12.4 Å². The van der Waals surface area contributed by atoms with Gasteiger partial charge < -0.3 is 0 Å². The Morgan fingerprint density at radius 2 is 1.12 bits per heavy atom. The molecule has 0 bridgehead atoms. The normalized spacial score (nSPS) is 8.59. The average molecular weight is 320 g/mol. The summed E-state index contributed by atoms with van der Waals surface area (Å²) in [7, 11) is 0. The van der Waals surface area contributed by atoms with Crippen molar-refractivity contribution in [2.45, 2.75) is 10.1 Å². The predicted octanol–water partition coefficient (Wildman–Crippen LogP) is 0.998. The zero-order chi connectivity index (χ0) is 12.0. The van der Waals surface area contributed by atoms with E-state index in [-0.39, 0.29) is 17.1 Å². The van der Waals surface area contributed by atoms with Crippen molar-refractivity contribution >= 4 is 25.3 Å². The van der Waals surface area contributed by atoms with Crippen LogP contribution in [0.1, 0.15) is 0 Å². The summed E-state index contributed by atoms with van der Waals surface area (Å²) in [6.07, 6.45) is 3.03. The average Bonchev–Trinajstić information content (AvgIpc) is 2.28. The van der Waals surface area contributed by atoms with Crippen molar-refractivity contribution in [1.29, 1.82) is 0 Å². The van der Waals surface area contributed by atoms with Crippen molar-refractivity contribution in [2.75, 3.05) is 0 Å².